The Morgan fingerprint density at radius 2 is 2.07 bits per heavy atom. The average molecular weight is 429 g/mol. The molecule has 7 nitrogen and oxygen atoms in total. The zero-order chi connectivity index (χ0) is 21.6. The van der Waals surface area contributed by atoms with Gasteiger partial charge in [0.05, 0.1) is 23.4 Å². The molecule has 0 unspecified atom stereocenters. The third-order valence-electron chi connectivity index (χ3n) is 4.43. The lowest BCUT2D eigenvalue weighted by molar-refractivity contribution is -0.0626. The quantitative estimate of drug-likeness (QED) is 0.695. The molecule has 0 radical (unpaired) electrons. The van der Waals surface area contributed by atoms with Crippen molar-refractivity contribution in [1.29, 1.82) is 0 Å². The fourth-order valence-corrected chi connectivity index (χ4v) is 3.39. The Hall–Kier alpha value is -2.26. The molecule has 3 rings (SSSR count). The van der Waals surface area contributed by atoms with Gasteiger partial charge in [-0.2, -0.15) is 5.10 Å². The fraction of sp³-hybridized carbons (Fsp3) is 0.526. The van der Waals surface area contributed by atoms with Gasteiger partial charge in [0, 0.05) is 0 Å². The van der Waals surface area contributed by atoms with Gasteiger partial charge in [-0.3, -0.25) is 4.90 Å². The minimum Gasteiger partial charge on any atom is -0.444 e. The Bertz CT molecular complexity index is 911. The fourth-order valence-electron chi connectivity index (χ4n) is 3.19. The van der Waals surface area contributed by atoms with Gasteiger partial charge >= 0.3 is 6.09 Å². The van der Waals surface area contributed by atoms with E-state index >= 15 is 0 Å². The number of nitrogens with zero attached hydrogens (tertiary/aromatic N) is 4. The zero-order valence-electron chi connectivity index (χ0n) is 16.8. The number of hydrogen-bond acceptors (Lipinski definition) is 5. The second kappa shape index (κ2) is 7.53. The third kappa shape index (κ3) is 4.35. The van der Waals surface area contributed by atoms with Gasteiger partial charge in [-0.25, -0.2) is 23.2 Å². The molecule has 0 N–H and O–H groups in total. The Kier molecular flexibility index (Phi) is 5.57. The van der Waals surface area contributed by atoms with Crippen LogP contribution in [0.25, 0.3) is 5.69 Å². The Morgan fingerprint density at radius 3 is 2.69 bits per heavy atom. The normalized spacial score (nSPS) is 19.1. The predicted molar refractivity (Wildman–Crippen MR) is 102 cm³/mol. The molecule has 0 bridgehead atoms. The summed E-state index contributed by atoms with van der Waals surface area (Å²) in [6.45, 7) is 9.08. The summed E-state index contributed by atoms with van der Waals surface area (Å²) in [5.41, 5.74) is -0.700. The molecule has 1 fully saturated rings. The molecule has 29 heavy (non-hydrogen) atoms. The van der Waals surface area contributed by atoms with E-state index in [0.29, 0.717) is 5.56 Å². The van der Waals surface area contributed by atoms with E-state index in [1.165, 1.54) is 4.90 Å². The molecule has 0 saturated carbocycles. The molecular formula is C19H23ClF2N4O3. The van der Waals surface area contributed by atoms with E-state index in [0.717, 1.165) is 11.0 Å². The van der Waals surface area contributed by atoms with Gasteiger partial charge in [0.1, 0.15) is 17.7 Å². The summed E-state index contributed by atoms with van der Waals surface area (Å²) in [6.07, 6.45) is -2.31. The summed E-state index contributed by atoms with van der Waals surface area (Å²) in [6, 6.07) is 4.41. The smallest absolute Gasteiger partial charge is 0.413 e. The number of benzene rings is 1. The van der Waals surface area contributed by atoms with E-state index in [2.05, 4.69) is 10.1 Å². The maximum absolute atomic E-state index is 13.3. The van der Waals surface area contributed by atoms with Crippen molar-refractivity contribution in [3.05, 3.63) is 40.9 Å². The lowest BCUT2D eigenvalue weighted by atomic mass is 10.0. The lowest BCUT2D eigenvalue weighted by Gasteiger charge is -2.35. The number of alkyl halides is 2. The van der Waals surface area contributed by atoms with Gasteiger partial charge in [-0.1, -0.05) is 17.7 Å². The molecule has 1 saturated heterocycles. The number of rotatable bonds is 3. The average Bonchev–Trinajstić information content (AvgIpc) is 3.18. The van der Waals surface area contributed by atoms with Crippen molar-refractivity contribution in [2.24, 2.45) is 0 Å². The van der Waals surface area contributed by atoms with Crippen molar-refractivity contribution in [1.82, 2.24) is 19.7 Å². The number of halogens is 3. The maximum Gasteiger partial charge on any atom is 0.413 e. The first-order valence-electron chi connectivity index (χ1n) is 9.05. The molecule has 2 aromatic rings. The SMILES string of the molecule is CC(C)(C)OC(=O)N1[C@@H](c2ccc(Cl)c(-n3ncnc3C(F)F)c2)COC1(C)C. The number of carbonyl (C=O) groups is 1. The van der Waals surface area contributed by atoms with Gasteiger partial charge < -0.3 is 9.47 Å². The lowest BCUT2D eigenvalue weighted by Crippen LogP contribution is -2.47. The first-order valence-corrected chi connectivity index (χ1v) is 9.42. The molecule has 2 heterocycles. The van der Waals surface area contributed by atoms with E-state index in [4.69, 9.17) is 21.1 Å². The van der Waals surface area contributed by atoms with Crippen LogP contribution in [0.5, 0.6) is 0 Å². The summed E-state index contributed by atoms with van der Waals surface area (Å²) in [4.78, 5) is 18.0. The highest BCUT2D eigenvalue weighted by molar-refractivity contribution is 6.32. The van der Waals surface area contributed by atoms with E-state index in [-0.39, 0.29) is 17.3 Å². The van der Waals surface area contributed by atoms with Crippen molar-refractivity contribution in [2.75, 3.05) is 6.61 Å². The van der Waals surface area contributed by atoms with Crippen LogP contribution in [0.4, 0.5) is 13.6 Å². The molecule has 1 atom stereocenters. The second-order valence-electron chi connectivity index (χ2n) is 8.17. The standard InChI is InChI=1S/C19H23ClF2N4O3/c1-18(2,3)29-17(27)25-14(9-28-19(25,4)5)11-6-7-12(20)13(8-11)26-16(15(21)22)23-10-24-26/h6-8,10,14-15H,9H2,1-5H3/t14-/m1/s1. The van der Waals surface area contributed by atoms with Crippen LogP contribution in [0.1, 0.15) is 58.5 Å². The predicted octanol–water partition coefficient (Wildman–Crippen LogP) is 4.90. The maximum atomic E-state index is 13.3. The second-order valence-corrected chi connectivity index (χ2v) is 8.57. The summed E-state index contributed by atoms with van der Waals surface area (Å²) in [5.74, 6) is -0.518. The van der Waals surface area contributed by atoms with Crippen molar-refractivity contribution in [2.45, 2.75) is 58.4 Å². The topological polar surface area (TPSA) is 69.5 Å². The summed E-state index contributed by atoms with van der Waals surface area (Å²) in [7, 11) is 0. The molecule has 158 valence electrons. The van der Waals surface area contributed by atoms with Crippen LogP contribution >= 0.6 is 11.6 Å². The monoisotopic (exact) mass is 428 g/mol. The van der Waals surface area contributed by atoms with Crippen molar-refractivity contribution >= 4 is 17.7 Å². The molecule has 0 aliphatic carbocycles. The molecule has 1 aromatic heterocycles. The molecule has 1 aliphatic heterocycles. The van der Waals surface area contributed by atoms with Crippen LogP contribution in [0.3, 0.4) is 0 Å². The van der Waals surface area contributed by atoms with Crippen LogP contribution in [0.2, 0.25) is 5.02 Å². The number of ether oxygens (including phenoxy) is 2. The van der Waals surface area contributed by atoms with Gasteiger partial charge in [0.25, 0.3) is 6.43 Å². The Labute approximate surface area is 172 Å². The van der Waals surface area contributed by atoms with Crippen molar-refractivity contribution < 1.29 is 23.0 Å². The number of amides is 1. The zero-order valence-corrected chi connectivity index (χ0v) is 17.6. The first kappa shape index (κ1) is 21.4. The molecular weight excluding hydrogens is 406 g/mol. The van der Waals surface area contributed by atoms with Crippen LogP contribution in [0, 0.1) is 0 Å². The van der Waals surface area contributed by atoms with Gasteiger partial charge in [-0.05, 0) is 52.3 Å². The van der Waals surface area contributed by atoms with Crippen molar-refractivity contribution in [3.63, 3.8) is 0 Å². The summed E-state index contributed by atoms with van der Waals surface area (Å²) in [5, 5.41) is 4.10. The van der Waals surface area contributed by atoms with Crippen LogP contribution in [-0.2, 0) is 9.47 Å². The Morgan fingerprint density at radius 1 is 1.38 bits per heavy atom. The first-order chi connectivity index (χ1) is 13.4. The molecule has 10 heteroatoms. The third-order valence-corrected chi connectivity index (χ3v) is 4.75. The van der Waals surface area contributed by atoms with Crippen LogP contribution in [0.15, 0.2) is 24.5 Å². The molecule has 1 amide bonds. The number of hydrogen-bond donors (Lipinski definition) is 0. The van der Waals surface area contributed by atoms with Crippen LogP contribution < -0.4 is 0 Å². The number of carbonyl (C=O) groups excluding carboxylic acids is 1. The minimum atomic E-state index is -2.82. The van der Waals surface area contributed by atoms with Gasteiger partial charge in [-0.15, -0.1) is 0 Å². The van der Waals surface area contributed by atoms with E-state index in [1.807, 2.05) is 0 Å². The highest BCUT2D eigenvalue weighted by Gasteiger charge is 2.46. The van der Waals surface area contributed by atoms with E-state index in [9.17, 15) is 13.6 Å². The molecule has 1 aliphatic rings. The number of aromatic nitrogens is 3. The summed E-state index contributed by atoms with van der Waals surface area (Å²) < 4.78 is 38.9. The van der Waals surface area contributed by atoms with E-state index < -0.39 is 35.7 Å². The van der Waals surface area contributed by atoms with Gasteiger partial charge in [0.15, 0.2) is 5.82 Å². The van der Waals surface area contributed by atoms with Gasteiger partial charge in [0.2, 0.25) is 0 Å². The minimum absolute atomic E-state index is 0.215. The van der Waals surface area contributed by atoms with E-state index in [1.54, 1.807) is 52.8 Å². The highest BCUT2D eigenvalue weighted by Crippen LogP contribution is 2.39. The van der Waals surface area contributed by atoms with Crippen LogP contribution in [-0.4, -0.2) is 43.7 Å². The molecule has 1 aromatic carbocycles. The molecule has 0 spiro atoms. The summed E-state index contributed by atoms with van der Waals surface area (Å²) >= 11 is 6.24. The van der Waals surface area contributed by atoms with Crippen molar-refractivity contribution in [3.8, 4) is 5.69 Å². The largest absolute Gasteiger partial charge is 0.444 e. The Balaban J connectivity index is 2.01. The highest BCUT2D eigenvalue weighted by atomic mass is 35.5.